The molecule has 0 N–H and O–H groups in total. The summed E-state index contributed by atoms with van der Waals surface area (Å²) >= 11 is 0. The molecule has 6 atom stereocenters. The summed E-state index contributed by atoms with van der Waals surface area (Å²) in [6, 6.07) is 0. The monoisotopic (exact) mass is 254 g/mol. The van der Waals surface area contributed by atoms with Gasteiger partial charge in [-0.3, -0.25) is 0 Å². The number of hydrogen-bond acceptors (Lipinski definition) is 1. The molecule has 2 aliphatic carbocycles. The van der Waals surface area contributed by atoms with Gasteiger partial charge in [0.15, 0.2) is 11.7 Å². The summed E-state index contributed by atoms with van der Waals surface area (Å²) in [7, 11) is 0. The molecule has 92 valence electrons. The highest BCUT2D eigenvalue weighted by atomic mass is 19.2. The van der Waals surface area contributed by atoms with Crippen molar-refractivity contribution in [2.75, 3.05) is 0 Å². The molecule has 17 heavy (non-hydrogen) atoms. The third kappa shape index (κ3) is 0.491. The van der Waals surface area contributed by atoms with E-state index in [1.165, 1.54) is 0 Å². The highest BCUT2D eigenvalue weighted by molar-refractivity contribution is 5.66. The van der Waals surface area contributed by atoms with Gasteiger partial charge in [-0.1, -0.05) is 12.2 Å². The zero-order valence-corrected chi connectivity index (χ0v) is 7.99. The number of halogens is 6. The summed E-state index contributed by atoms with van der Waals surface area (Å²) in [4.78, 5) is 0. The van der Waals surface area contributed by atoms with Crippen LogP contribution in [0.5, 0.6) is 0 Å². The van der Waals surface area contributed by atoms with E-state index in [2.05, 4.69) is 4.74 Å². The minimum absolute atomic E-state index is 0.993. The van der Waals surface area contributed by atoms with Crippen molar-refractivity contribution in [2.24, 2.45) is 0 Å². The quantitative estimate of drug-likeness (QED) is 0.476. The number of ether oxygens (including phenoxy) is 1. The average molecular weight is 254 g/mol. The van der Waals surface area contributed by atoms with E-state index in [9.17, 15) is 26.3 Å². The minimum Gasteiger partial charge on any atom is -0.360 e. The van der Waals surface area contributed by atoms with E-state index in [1.54, 1.807) is 0 Å². The molecule has 0 spiro atoms. The van der Waals surface area contributed by atoms with E-state index in [0.29, 0.717) is 0 Å². The number of fused-ring (bicyclic) bond motifs is 8. The molecular weight excluding hydrogens is 250 g/mol. The van der Waals surface area contributed by atoms with Crippen LogP contribution >= 0.6 is 0 Å². The summed E-state index contributed by atoms with van der Waals surface area (Å²) in [6.45, 7) is 0. The van der Waals surface area contributed by atoms with Gasteiger partial charge in [-0.05, 0) is 0 Å². The van der Waals surface area contributed by atoms with Gasteiger partial charge in [0.2, 0.25) is 22.7 Å². The Morgan fingerprint density at radius 2 is 1.18 bits per heavy atom. The topological polar surface area (TPSA) is 9.23 Å². The van der Waals surface area contributed by atoms with Gasteiger partial charge in [0.1, 0.15) is 12.2 Å². The average Bonchev–Trinajstić information content (AvgIpc) is 2.88. The third-order valence-electron chi connectivity index (χ3n) is 4.34. The molecule has 2 bridgehead atoms. The standard InChI is InChI=1S/C10H4F6O/c11-5-6(12)10(16)8(14)4-2-1-3(17-4)7(8,13)9(5,10)15/h1-4H. The molecule has 6 unspecified atom stereocenters. The fourth-order valence-corrected chi connectivity index (χ4v) is 3.51. The second-order valence-electron chi connectivity index (χ2n) is 4.73. The zero-order chi connectivity index (χ0) is 12.4. The normalized spacial score (nSPS) is 66.5. The summed E-state index contributed by atoms with van der Waals surface area (Å²) < 4.78 is 87.3. The zero-order valence-electron chi connectivity index (χ0n) is 7.99. The first-order valence-corrected chi connectivity index (χ1v) is 4.93. The van der Waals surface area contributed by atoms with Crippen molar-refractivity contribution in [3.63, 3.8) is 0 Å². The van der Waals surface area contributed by atoms with E-state index >= 15 is 0 Å². The van der Waals surface area contributed by atoms with Crippen LogP contribution in [0.2, 0.25) is 0 Å². The highest BCUT2D eigenvalue weighted by Gasteiger charge is 3.07. The van der Waals surface area contributed by atoms with Gasteiger partial charge < -0.3 is 4.74 Å². The molecule has 2 heterocycles. The van der Waals surface area contributed by atoms with Crippen LogP contribution < -0.4 is 0 Å². The maximum Gasteiger partial charge on any atom is 0.248 e. The number of alkyl halides is 4. The Bertz CT molecular complexity index is 487. The maximum atomic E-state index is 14.3. The first kappa shape index (κ1) is 9.99. The SMILES string of the molecule is FC1=C(F)C2(F)C1(F)C1(F)C3C=CC(O3)C21F. The Kier molecular flexibility index (Phi) is 1.20. The fourth-order valence-electron chi connectivity index (χ4n) is 3.51. The molecule has 1 saturated heterocycles. The molecule has 0 aromatic rings. The molecule has 0 aromatic heterocycles. The van der Waals surface area contributed by atoms with Crippen LogP contribution in [-0.2, 0) is 4.74 Å². The Morgan fingerprint density at radius 1 is 0.824 bits per heavy atom. The smallest absolute Gasteiger partial charge is 0.248 e. The summed E-state index contributed by atoms with van der Waals surface area (Å²) in [6.07, 6.45) is -1.48. The second-order valence-corrected chi connectivity index (χ2v) is 4.73. The van der Waals surface area contributed by atoms with E-state index in [0.717, 1.165) is 12.2 Å². The van der Waals surface area contributed by atoms with Crippen molar-refractivity contribution in [3.05, 3.63) is 23.8 Å². The Balaban J connectivity index is 2.04. The third-order valence-corrected chi connectivity index (χ3v) is 4.34. The van der Waals surface area contributed by atoms with Crippen molar-refractivity contribution >= 4 is 0 Å². The molecule has 1 saturated carbocycles. The fraction of sp³-hybridized carbons (Fsp3) is 0.600. The molecule has 7 heteroatoms. The Hall–Kier alpha value is -0.980. The number of rotatable bonds is 0. The van der Waals surface area contributed by atoms with Crippen LogP contribution in [-0.4, -0.2) is 34.9 Å². The van der Waals surface area contributed by atoms with Crippen LogP contribution in [0, 0.1) is 0 Å². The lowest BCUT2D eigenvalue weighted by molar-refractivity contribution is -0.341. The Morgan fingerprint density at radius 3 is 1.53 bits per heavy atom. The van der Waals surface area contributed by atoms with Crippen molar-refractivity contribution in [1.29, 1.82) is 0 Å². The van der Waals surface area contributed by atoms with Crippen molar-refractivity contribution in [3.8, 4) is 0 Å². The van der Waals surface area contributed by atoms with Crippen LogP contribution in [0.15, 0.2) is 23.8 Å². The molecule has 2 aliphatic heterocycles. The van der Waals surface area contributed by atoms with E-state index < -0.39 is 46.5 Å². The first-order valence-electron chi connectivity index (χ1n) is 4.93. The second kappa shape index (κ2) is 2.04. The van der Waals surface area contributed by atoms with E-state index in [4.69, 9.17) is 0 Å². The molecule has 1 nitrogen and oxygen atoms in total. The summed E-state index contributed by atoms with van der Waals surface area (Å²) in [5, 5.41) is 0. The molecule has 0 radical (unpaired) electrons. The van der Waals surface area contributed by atoms with Crippen LogP contribution in [0.1, 0.15) is 0 Å². The minimum atomic E-state index is -3.91. The maximum absolute atomic E-state index is 14.3. The van der Waals surface area contributed by atoms with Gasteiger partial charge in [0.25, 0.3) is 0 Å². The molecule has 0 aromatic carbocycles. The van der Waals surface area contributed by atoms with Gasteiger partial charge in [-0.25, -0.2) is 26.3 Å². The molecule has 2 fully saturated rings. The predicted molar refractivity (Wildman–Crippen MR) is 42.4 cm³/mol. The lowest BCUT2D eigenvalue weighted by Crippen LogP contribution is -2.95. The molecular formula is C10H4F6O. The van der Waals surface area contributed by atoms with Gasteiger partial charge >= 0.3 is 0 Å². The first-order chi connectivity index (χ1) is 7.78. The van der Waals surface area contributed by atoms with E-state index in [-0.39, 0.29) is 0 Å². The predicted octanol–water partition coefficient (Wildman–Crippen LogP) is 2.33. The van der Waals surface area contributed by atoms with Crippen LogP contribution in [0.3, 0.4) is 0 Å². The summed E-state index contributed by atoms with van der Waals surface area (Å²) in [5.41, 5.74) is -14.9. The van der Waals surface area contributed by atoms with Gasteiger partial charge in [-0.2, -0.15) is 0 Å². The van der Waals surface area contributed by atoms with Gasteiger partial charge in [0.05, 0.1) is 0 Å². The van der Waals surface area contributed by atoms with E-state index in [1.807, 2.05) is 0 Å². The van der Waals surface area contributed by atoms with Crippen molar-refractivity contribution < 1.29 is 31.1 Å². The van der Waals surface area contributed by atoms with Crippen molar-refractivity contribution in [1.82, 2.24) is 0 Å². The Labute approximate surface area is 90.7 Å². The summed E-state index contributed by atoms with van der Waals surface area (Å²) in [5.74, 6) is -4.42. The van der Waals surface area contributed by atoms with Crippen LogP contribution in [0.25, 0.3) is 0 Å². The van der Waals surface area contributed by atoms with Gasteiger partial charge in [-0.15, -0.1) is 0 Å². The van der Waals surface area contributed by atoms with Gasteiger partial charge in [0, 0.05) is 0 Å². The molecule has 0 amide bonds. The number of hydrogen-bond donors (Lipinski definition) is 0. The lowest BCUT2D eigenvalue weighted by Gasteiger charge is -2.68. The highest BCUT2D eigenvalue weighted by Crippen LogP contribution is 2.82. The van der Waals surface area contributed by atoms with Crippen LogP contribution in [0.4, 0.5) is 26.3 Å². The molecule has 4 aliphatic rings. The largest absolute Gasteiger partial charge is 0.360 e. The number of allylic oxidation sites excluding steroid dienone is 2. The molecule has 4 rings (SSSR count). The van der Waals surface area contributed by atoms with Crippen molar-refractivity contribution in [2.45, 2.75) is 34.9 Å². The lowest BCUT2D eigenvalue weighted by atomic mass is 9.39.